The summed E-state index contributed by atoms with van der Waals surface area (Å²) in [6, 6.07) is 5.27. The van der Waals surface area contributed by atoms with Crippen molar-refractivity contribution >= 4 is 15.7 Å². The van der Waals surface area contributed by atoms with Crippen LogP contribution in [0.15, 0.2) is 23.1 Å². The van der Waals surface area contributed by atoms with Crippen molar-refractivity contribution in [1.82, 2.24) is 4.72 Å². The van der Waals surface area contributed by atoms with E-state index in [9.17, 15) is 8.42 Å². The number of rotatable bonds is 6. The molecule has 0 saturated carbocycles. The van der Waals surface area contributed by atoms with Gasteiger partial charge in [-0.15, -0.1) is 0 Å². The number of fused-ring (bicyclic) bond motifs is 1. The summed E-state index contributed by atoms with van der Waals surface area (Å²) in [5, 5.41) is 3.25. The smallest absolute Gasteiger partial charge is 0.240 e. The van der Waals surface area contributed by atoms with E-state index in [4.69, 9.17) is 4.74 Å². The van der Waals surface area contributed by atoms with E-state index >= 15 is 0 Å². The zero-order valence-corrected chi connectivity index (χ0v) is 13.7. The Morgan fingerprint density at radius 1 is 1.38 bits per heavy atom. The molecule has 118 valence electrons. The monoisotopic (exact) mass is 312 g/mol. The molecule has 0 radical (unpaired) electrons. The number of benzene rings is 1. The van der Waals surface area contributed by atoms with Gasteiger partial charge in [-0.2, -0.15) is 0 Å². The maximum Gasteiger partial charge on any atom is 0.240 e. The van der Waals surface area contributed by atoms with Crippen LogP contribution in [0, 0.1) is 0 Å². The molecule has 0 saturated heterocycles. The highest BCUT2D eigenvalue weighted by Gasteiger charge is 2.23. The maximum absolute atomic E-state index is 12.4. The van der Waals surface area contributed by atoms with Crippen LogP contribution in [0.3, 0.4) is 0 Å². The van der Waals surface area contributed by atoms with Gasteiger partial charge in [-0.1, -0.05) is 6.07 Å². The zero-order valence-electron chi connectivity index (χ0n) is 12.9. The van der Waals surface area contributed by atoms with Gasteiger partial charge in [-0.25, -0.2) is 13.1 Å². The van der Waals surface area contributed by atoms with E-state index in [0.717, 1.165) is 25.1 Å². The van der Waals surface area contributed by atoms with Gasteiger partial charge in [0.2, 0.25) is 10.0 Å². The van der Waals surface area contributed by atoms with Crippen molar-refractivity contribution in [3.8, 4) is 0 Å². The molecule has 1 heterocycles. The van der Waals surface area contributed by atoms with E-state index in [2.05, 4.69) is 10.0 Å². The molecule has 1 aliphatic rings. The average Bonchev–Trinajstić information content (AvgIpc) is 2.45. The quantitative estimate of drug-likeness (QED) is 0.844. The summed E-state index contributed by atoms with van der Waals surface area (Å²) in [4.78, 5) is 0.294. The number of ether oxygens (including phenoxy) is 1. The third-order valence-electron chi connectivity index (χ3n) is 3.55. The molecule has 0 aliphatic carbocycles. The maximum atomic E-state index is 12.4. The number of anilines is 1. The Balaban J connectivity index is 2.12. The van der Waals surface area contributed by atoms with E-state index in [1.807, 2.05) is 26.8 Å². The lowest BCUT2D eigenvalue weighted by Gasteiger charge is -2.25. The molecule has 2 N–H and O–H groups in total. The molecule has 1 aliphatic heterocycles. The first-order valence-corrected chi connectivity index (χ1v) is 8.83. The fourth-order valence-electron chi connectivity index (χ4n) is 2.40. The van der Waals surface area contributed by atoms with Gasteiger partial charge < -0.3 is 10.1 Å². The highest BCUT2D eigenvalue weighted by Crippen LogP contribution is 2.25. The summed E-state index contributed by atoms with van der Waals surface area (Å²) in [6.07, 6.45) is 2.08. The number of aryl methyl sites for hydroxylation is 1. The topological polar surface area (TPSA) is 67.4 Å². The summed E-state index contributed by atoms with van der Waals surface area (Å²) >= 11 is 0. The lowest BCUT2D eigenvalue weighted by Crippen LogP contribution is -2.40. The molecule has 1 aromatic rings. The largest absolute Gasteiger partial charge is 0.385 e. The number of sulfonamides is 1. The SMILES string of the molecule is CCOC(C)(C)CNS(=O)(=O)c1ccc2c(c1)NCCC2. The normalized spacial score (nSPS) is 15.4. The van der Waals surface area contributed by atoms with Gasteiger partial charge in [0.05, 0.1) is 10.5 Å². The van der Waals surface area contributed by atoms with Gasteiger partial charge in [0, 0.05) is 25.4 Å². The van der Waals surface area contributed by atoms with Gasteiger partial charge in [0.15, 0.2) is 0 Å². The summed E-state index contributed by atoms with van der Waals surface area (Å²) < 4.78 is 32.9. The second-order valence-electron chi connectivity index (χ2n) is 5.87. The molecule has 21 heavy (non-hydrogen) atoms. The Hall–Kier alpha value is -1.11. The second-order valence-corrected chi connectivity index (χ2v) is 7.63. The first-order valence-electron chi connectivity index (χ1n) is 7.34. The molecule has 0 bridgehead atoms. The van der Waals surface area contributed by atoms with Crippen molar-refractivity contribution in [3.05, 3.63) is 23.8 Å². The summed E-state index contributed by atoms with van der Waals surface area (Å²) in [7, 11) is -3.52. The fourth-order valence-corrected chi connectivity index (χ4v) is 3.63. The van der Waals surface area contributed by atoms with Crippen molar-refractivity contribution < 1.29 is 13.2 Å². The van der Waals surface area contributed by atoms with E-state index in [0.29, 0.717) is 11.5 Å². The minimum atomic E-state index is -3.52. The predicted molar refractivity (Wildman–Crippen MR) is 84.1 cm³/mol. The molecule has 1 aromatic carbocycles. The average molecular weight is 312 g/mol. The molecule has 0 atom stereocenters. The minimum absolute atomic E-state index is 0.244. The van der Waals surface area contributed by atoms with Crippen LogP contribution in [-0.4, -0.2) is 33.7 Å². The highest BCUT2D eigenvalue weighted by molar-refractivity contribution is 7.89. The van der Waals surface area contributed by atoms with Crippen LogP contribution in [0.2, 0.25) is 0 Å². The molecule has 0 fully saturated rings. The number of hydrogen-bond acceptors (Lipinski definition) is 4. The minimum Gasteiger partial charge on any atom is -0.385 e. The van der Waals surface area contributed by atoms with Crippen molar-refractivity contribution in [1.29, 1.82) is 0 Å². The van der Waals surface area contributed by atoms with E-state index in [1.54, 1.807) is 12.1 Å². The van der Waals surface area contributed by atoms with E-state index in [-0.39, 0.29) is 6.54 Å². The first kappa shape index (κ1) is 16.3. The van der Waals surface area contributed by atoms with Crippen LogP contribution in [0.25, 0.3) is 0 Å². The van der Waals surface area contributed by atoms with Crippen LogP contribution < -0.4 is 10.0 Å². The van der Waals surface area contributed by atoms with Gasteiger partial charge in [-0.3, -0.25) is 0 Å². The number of nitrogens with one attached hydrogen (secondary N) is 2. The van der Waals surface area contributed by atoms with Gasteiger partial charge in [0.1, 0.15) is 0 Å². The second kappa shape index (κ2) is 6.34. The molecular weight excluding hydrogens is 288 g/mol. The van der Waals surface area contributed by atoms with E-state index in [1.165, 1.54) is 5.56 Å². The summed E-state index contributed by atoms with van der Waals surface area (Å²) in [5.41, 5.74) is 1.58. The third kappa shape index (κ3) is 4.18. The molecule has 0 spiro atoms. The Morgan fingerprint density at radius 3 is 2.86 bits per heavy atom. The van der Waals surface area contributed by atoms with Crippen molar-refractivity contribution in [2.45, 2.75) is 44.1 Å². The van der Waals surface area contributed by atoms with Crippen molar-refractivity contribution in [2.24, 2.45) is 0 Å². The highest BCUT2D eigenvalue weighted by atomic mass is 32.2. The predicted octanol–water partition coefficient (Wildman–Crippen LogP) is 2.14. The Labute approximate surface area is 127 Å². The molecule has 2 rings (SSSR count). The standard InChI is InChI=1S/C15H24N2O3S/c1-4-20-15(2,3)11-17-21(18,19)13-8-7-12-6-5-9-16-14(12)10-13/h7-8,10,16-17H,4-6,9,11H2,1-3H3. The van der Waals surface area contributed by atoms with Crippen LogP contribution in [0.1, 0.15) is 32.8 Å². The van der Waals surface area contributed by atoms with Crippen LogP contribution in [0.5, 0.6) is 0 Å². The van der Waals surface area contributed by atoms with Crippen LogP contribution in [-0.2, 0) is 21.2 Å². The lowest BCUT2D eigenvalue weighted by molar-refractivity contribution is -0.00515. The Kier molecular flexibility index (Phi) is 4.91. The summed E-state index contributed by atoms with van der Waals surface area (Å²) in [6.45, 7) is 7.32. The van der Waals surface area contributed by atoms with Crippen molar-refractivity contribution in [2.75, 3.05) is 25.0 Å². The third-order valence-corrected chi connectivity index (χ3v) is 4.95. The Morgan fingerprint density at radius 2 is 2.14 bits per heavy atom. The molecule has 0 unspecified atom stereocenters. The van der Waals surface area contributed by atoms with E-state index < -0.39 is 15.6 Å². The molecule has 5 nitrogen and oxygen atoms in total. The zero-order chi connectivity index (χ0) is 15.5. The van der Waals surface area contributed by atoms with Crippen LogP contribution in [0.4, 0.5) is 5.69 Å². The molecule has 0 amide bonds. The van der Waals surface area contributed by atoms with Crippen molar-refractivity contribution in [3.63, 3.8) is 0 Å². The number of hydrogen-bond donors (Lipinski definition) is 2. The Bertz CT molecular complexity index is 597. The summed E-state index contributed by atoms with van der Waals surface area (Å²) in [5.74, 6) is 0. The molecule has 6 heteroatoms. The fraction of sp³-hybridized carbons (Fsp3) is 0.600. The molecular formula is C15H24N2O3S. The van der Waals surface area contributed by atoms with Gasteiger partial charge in [-0.05, 0) is 51.3 Å². The lowest BCUT2D eigenvalue weighted by atomic mass is 10.0. The first-order chi connectivity index (χ1) is 9.84. The van der Waals surface area contributed by atoms with Gasteiger partial charge >= 0.3 is 0 Å². The molecule has 0 aromatic heterocycles. The van der Waals surface area contributed by atoms with Gasteiger partial charge in [0.25, 0.3) is 0 Å². The van der Waals surface area contributed by atoms with Crippen LogP contribution >= 0.6 is 0 Å².